The predicted octanol–water partition coefficient (Wildman–Crippen LogP) is 2.04. The van der Waals surface area contributed by atoms with Crippen LogP contribution in [0, 0.1) is 5.82 Å². The summed E-state index contributed by atoms with van der Waals surface area (Å²) < 4.78 is 12.8. The van der Waals surface area contributed by atoms with Crippen LogP contribution >= 0.6 is 0 Å². The molecule has 0 aliphatic carbocycles. The molecule has 0 saturated heterocycles. The Kier molecular flexibility index (Phi) is 5.29. The second-order valence-corrected chi connectivity index (χ2v) is 3.93. The maximum absolute atomic E-state index is 12.8. The van der Waals surface area contributed by atoms with Gasteiger partial charge in [-0.2, -0.15) is 0 Å². The third-order valence-electron chi connectivity index (χ3n) is 2.23. The van der Waals surface area contributed by atoms with Gasteiger partial charge in [0.15, 0.2) is 0 Å². The molecule has 0 amide bonds. The number of hydrogen-bond acceptors (Lipinski definition) is 2. The van der Waals surface area contributed by atoms with E-state index in [-0.39, 0.29) is 11.9 Å². The smallest absolute Gasteiger partial charge is 0.123 e. The van der Waals surface area contributed by atoms with E-state index in [1.54, 1.807) is 12.1 Å². The van der Waals surface area contributed by atoms with E-state index in [0.29, 0.717) is 0 Å². The first-order valence-electron chi connectivity index (χ1n) is 5.39. The molecule has 0 aliphatic heterocycles. The normalized spacial score (nSPS) is 12.7. The maximum Gasteiger partial charge on any atom is 0.123 e. The van der Waals surface area contributed by atoms with Crippen LogP contribution in [0.1, 0.15) is 25.3 Å². The summed E-state index contributed by atoms with van der Waals surface area (Å²) in [4.78, 5) is 0. The summed E-state index contributed by atoms with van der Waals surface area (Å²) in [5.41, 5.74) is 6.61. The van der Waals surface area contributed by atoms with Gasteiger partial charge in [-0.25, -0.2) is 4.39 Å². The Morgan fingerprint density at radius 2 is 2.27 bits per heavy atom. The van der Waals surface area contributed by atoms with E-state index >= 15 is 0 Å². The van der Waals surface area contributed by atoms with Gasteiger partial charge < -0.3 is 11.1 Å². The highest BCUT2D eigenvalue weighted by atomic mass is 19.1. The molecule has 1 aromatic carbocycles. The highest BCUT2D eigenvalue weighted by Crippen LogP contribution is 2.02. The number of benzene rings is 1. The van der Waals surface area contributed by atoms with Gasteiger partial charge >= 0.3 is 0 Å². The van der Waals surface area contributed by atoms with Crippen LogP contribution in [0.3, 0.4) is 0 Å². The van der Waals surface area contributed by atoms with Crippen LogP contribution in [-0.2, 0) is 6.54 Å². The van der Waals surface area contributed by atoms with E-state index < -0.39 is 0 Å². The van der Waals surface area contributed by atoms with Crippen molar-refractivity contribution >= 4 is 0 Å². The highest BCUT2D eigenvalue weighted by Gasteiger charge is 1.96. The molecule has 2 nitrogen and oxygen atoms in total. The predicted molar refractivity (Wildman–Crippen MR) is 61.0 cm³/mol. The van der Waals surface area contributed by atoms with E-state index in [9.17, 15) is 4.39 Å². The Balaban J connectivity index is 2.15. The van der Waals surface area contributed by atoms with Crippen molar-refractivity contribution < 1.29 is 4.39 Å². The molecule has 0 aliphatic rings. The van der Waals surface area contributed by atoms with Crippen LogP contribution in [-0.4, -0.2) is 12.6 Å². The van der Waals surface area contributed by atoms with Crippen molar-refractivity contribution in [3.8, 4) is 0 Å². The summed E-state index contributed by atoms with van der Waals surface area (Å²) in [5, 5.41) is 3.26. The van der Waals surface area contributed by atoms with Crippen molar-refractivity contribution in [1.82, 2.24) is 5.32 Å². The van der Waals surface area contributed by atoms with Crippen molar-refractivity contribution in [2.24, 2.45) is 5.73 Å². The highest BCUT2D eigenvalue weighted by molar-refractivity contribution is 5.15. The van der Waals surface area contributed by atoms with E-state index in [2.05, 4.69) is 5.32 Å². The van der Waals surface area contributed by atoms with E-state index in [4.69, 9.17) is 5.73 Å². The minimum absolute atomic E-state index is 0.176. The molecule has 3 N–H and O–H groups in total. The zero-order valence-corrected chi connectivity index (χ0v) is 9.17. The summed E-state index contributed by atoms with van der Waals surface area (Å²) in [7, 11) is 0. The van der Waals surface area contributed by atoms with Crippen LogP contribution in [0.2, 0.25) is 0 Å². The van der Waals surface area contributed by atoms with Gasteiger partial charge in [0.1, 0.15) is 5.82 Å². The van der Waals surface area contributed by atoms with Crippen LogP contribution in [0.4, 0.5) is 4.39 Å². The van der Waals surface area contributed by atoms with Crippen molar-refractivity contribution in [2.45, 2.75) is 32.4 Å². The van der Waals surface area contributed by atoms with Gasteiger partial charge in [-0.05, 0) is 44.0 Å². The molecule has 84 valence electrons. The van der Waals surface area contributed by atoms with Crippen LogP contribution in [0.15, 0.2) is 24.3 Å². The summed E-state index contributed by atoms with van der Waals surface area (Å²) >= 11 is 0. The average molecular weight is 210 g/mol. The monoisotopic (exact) mass is 210 g/mol. The van der Waals surface area contributed by atoms with Gasteiger partial charge in [0.25, 0.3) is 0 Å². The summed E-state index contributed by atoms with van der Waals surface area (Å²) in [6, 6.07) is 6.93. The third-order valence-corrected chi connectivity index (χ3v) is 2.23. The second kappa shape index (κ2) is 6.53. The summed E-state index contributed by atoms with van der Waals surface area (Å²) in [5.74, 6) is -0.176. The molecular formula is C12H19FN2. The Hall–Kier alpha value is -0.930. The minimum atomic E-state index is -0.176. The van der Waals surface area contributed by atoms with Gasteiger partial charge in [-0.1, -0.05) is 12.1 Å². The first-order valence-corrected chi connectivity index (χ1v) is 5.39. The van der Waals surface area contributed by atoms with E-state index in [0.717, 1.165) is 31.5 Å². The van der Waals surface area contributed by atoms with Gasteiger partial charge in [0.05, 0.1) is 0 Å². The molecule has 0 fully saturated rings. The second-order valence-electron chi connectivity index (χ2n) is 3.93. The SMILES string of the molecule is CC(N)CCCNCc1cccc(F)c1. The van der Waals surface area contributed by atoms with Gasteiger partial charge in [0, 0.05) is 12.6 Å². The number of nitrogens with two attached hydrogens (primary N) is 1. The van der Waals surface area contributed by atoms with Crippen LogP contribution < -0.4 is 11.1 Å². The lowest BCUT2D eigenvalue weighted by atomic mass is 10.2. The molecule has 0 saturated carbocycles. The van der Waals surface area contributed by atoms with Crippen molar-refractivity contribution in [3.05, 3.63) is 35.6 Å². The molecule has 1 rings (SSSR count). The molecule has 0 aromatic heterocycles. The van der Waals surface area contributed by atoms with E-state index in [1.165, 1.54) is 6.07 Å². The largest absolute Gasteiger partial charge is 0.328 e. The number of hydrogen-bond donors (Lipinski definition) is 2. The topological polar surface area (TPSA) is 38.0 Å². The molecule has 1 unspecified atom stereocenters. The van der Waals surface area contributed by atoms with Gasteiger partial charge in [0.2, 0.25) is 0 Å². The third kappa shape index (κ3) is 5.50. The van der Waals surface area contributed by atoms with Gasteiger partial charge in [-0.15, -0.1) is 0 Å². The van der Waals surface area contributed by atoms with Crippen LogP contribution in [0.5, 0.6) is 0 Å². The van der Waals surface area contributed by atoms with Crippen molar-refractivity contribution in [3.63, 3.8) is 0 Å². The minimum Gasteiger partial charge on any atom is -0.328 e. The van der Waals surface area contributed by atoms with E-state index in [1.807, 2.05) is 13.0 Å². The fraction of sp³-hybridized carbons (Fsp3) is 0.500. The fourth-order valence-corrected chi connectivity index (χ4v) is 1.43. The molecule has 1 aromatic rings. The number of halogens is 1. The lowest BCUT2D eigenvalue weighted by molar-refractivity contribution is 0.572. The lowest BCUT2D eigenvalue weighted by Crippen LogP contribution is -2.19. The quantitative estimate of drug-likeness (QED) is 0.705. The Labute approximate surface area is 90.7 Å². The maximum atomic E-state index is 12.8. The molecule has 0 spiro atoms. The zero-order chi connectivity index (χ0) is 11.1. The van der Waals surface area contributed by atoms with Crippen molar-refractivity contribution in [2.75, 3.05) is 6.54 Å². The lowest BCUT2D eigenvalue weighted by Gasteiger charge is -2.06. The summed E-state index contributed by atoms with van der Waals surface area (Å²) in [6.07, 6.45) is 2.09. The molecule has 0 heterocycles. The molecule has 1 atom stereocenters. The first kappa shape index (κ1) is 12.1. The fourth-order valence-electron chi connectivity index (χ4n) is 1.43. The first-order chi connectivity index (χ1) is 7.18. The Bertz CT molecular complexity index is 287. The number of rotatable bonds is 6. The molecule has 15 heavy (non-hydrogen) atoms. The molecule has 0 radical (unpaired) electrons. The molecular weight excluding hydrogens is 191 g/mol. The van der Waals surface area contributed by atoms with Gasteiger partial charge in [-0.3, -0.25) is 0 Å². The molecule has 0 bridgehead atoms. The Morgan fingerprint density at radius 1 is 1.47 bits per heavy atom. The standard InChI is InChI=1S/C12H19FN2/c1-10(14)4-3-7-15-9-11-5-2-6-12(13)8-11/h2,5-6,8,10,15H,3-4,7,9,14H2,1H3. The summed E-state index contributed by atoms with van der Waals surface area (Å²) in [6.45, 7) is 3.65. The number of nitrogens with one attached hydrogen (secondary N) is 1. The average Bonchev–Trinajstić information content (AvgIpc) is 2.17. The zero-order valence-electron chi connectivity index (χ0n) is 9.17. The molecule has 3 heteroatoms. The van der Waals surface area contributed by atoms with Crippen LogP contribution in [0.25, 0.3) is 0 Å². The Morgan fingerprint density at radius 3 is 2.93 bits per heavy atom. The van der Waals surface area contributed by atoms with Crippen molar-refractivity contribution in [1.29, 1.82) is 0 Å².